The maximum absolute atomic E-state index is 13.5. The van der Waals surface area contributed by atoms with Gasteiger partial charge in [0.2, 0.25) is 10.0 Å². The van der Waals surface area contributed by atoms with Crippen LogP contribution in [0, 0.1) is 11.8 Å². The minimum Gasteiger partial charge on any atom is -0.457 e. The molecule has 1 aromatic rings. The zero-order valence-corrected chi connectivity index (χ0v) is 34.2. The predicted molar refractivity (Wildman–Crippen MR) is 212 cm³/mol. The van der Waals surface area contributed by atoms with Gasteiger partial charge in [-0.05, 0) is 87.6 Å². The number of carbonyl (C=O) groups is 4. The van der Waals surface area contributed by atoms with Crippen molar-refractivity contribution in [1.29, 1.82) is 0 Å². The highest BCUT2D eigenvalue weighted by molar-refractivity contribution is 7.89. The number of aliphatic hydroxyl groups is 1. The van der Waals surface area contributed by atoms with E-state index in [0.29, 0.717) is 62.7 Å². The molecular formula is C42H60N4O9S. The highest BCUT2D eigenvalue weighted by Gasteiger charge is 2.31. The number of hydrogen-bond acceptors (Lipinski definition) is 10. The molecule has 0 bridgehead atoms. The van der Waals surface area contributed by atoms with Crippen LogP contribution in [0.15, 0.2) is 59.0 Å². The average Bonchev–Trinajstić information content (AvgIpc) is 3.84. The number of cyclic esters (lactones) is 1. The van der Waals surface area contributed by atoms with E-state index in [9.17, 15) is 32.7 Å². The van der Waals surface area contributed by atoms with E-state index in [2.05, 4.69) is 11.8 Å². The average molecular weight is 797 g/mol. The second kappa shape index (κ2) is 20.0. The highest BCUT2D eigenvalue weighted by Crippen LogP contribution is 2.28. The lowest BCUT2D eigenvalue weighted by Crippen LogP contribution is -2.52. The molecule has 1 unspecified atom stereocenters. The summed E-state index contributed by atoms with van der Waals surface area (Å²) in [7, 11) is -3.61. The Labute approximate surface area is 332 Å². The molecule has 4 heterocycles. The smallest absolute Gasteiger partial charge is 0.410 e. The van der Waals surface area contributed by atoms with Gasteiger partial charge < -0.3 is 19.5 Å². The van der Waals surface area contributed by atoms with Crippen LogP contribution in [0.5, 0.6) is 0 Å². The van der Waals surface area contributed by atoms with Crippen molar-refractivity contribution in [2.24, 2.45) is 11.8 Å². The molecule has 2 fully saturated rings. The third kappa shape index (κ3) is 11.6. The second-order valence-electron chi connectivity index (χ2n) is 15.9. The zero-order valence-electron chi connectivity index (χ0n) is 33.4. The van der Waals surface area contributed by atoms with Gasteiger partial charge in [-0.25, -0.2) is 13.2 Å². The largest absolute Gasteiger partial charge is 0.457 e. The summed E-state index contributed by atoms with van der Waals surface area (Å²) in [5.74, 6) is -1.45. The van der Waals surface area contributed by atoms with Gasteiger partial charge in [-0.15, -0.1) is 0 Å². The minimum atomic E-state index is -3.61. The van der Waals surface area contributed by atoms with E-state index in [1.165, 1.54) is 21.4 Å². The number of rotatable bonds is 12. The van der Waals surface area contributed by atoms with Crippen LogP contribution < -0.4 is 0 Å². The molecule has 1 aromatic carbocycles. The fourth-order valence-electron chi connectivity index (χ4n) is 7.89. The van der Waals surface area contributed by atoms with Gasteiger partial charge >= 0.3 is 12.1 Å². The molecule has 4 aliphatic rings. The van der Waals surface area contributed by atoms with E-state index in [-0.39, 0.29) is 41.1 Å². The molecule has 0 aromatic heterocycles. The van der Waals surface area contributed by atoms with Crippen LogP contribution in [-0.4, -0.2) is 127 Å². The van der Waals surface area contributed by atoms with Crippen molar-refractivity contribution in [2.45, 2.75) is 115 Å². The number of nitrogens with zero attached hydrogens (tertiary/aromatic N) is 4. The molecule has 1 N–H and O–H groups in total. The molecule has 308 valence electrons. The van der Waals surface area contributed by atoms with E-state index < -0.39 is 34.3 Å². The number of imide groups is 1. The Hall–Kier alpha value is -3.85. The number of unbranched alkanes of at least 4 members (excludes halogenated alkanes) is 2. The molecule has 0 aliphatic carbocycles. The maximum atomic E-state index is 13.5. The molecule has 5 rings (SSSR count). The molecule has 14 heteroatoms. The first-order chi connectivity index (χ1) is 26.7. The van der Waals surface area contributed by atoms with Crippen molar-refractivity contribution in [3.05, 3.63) is 59.7 Å². The number of piperazine rings is 1. The van der Waals surface area contributed by atoms with Crippen molar-refractivity contribution >= 4 is 40.0 Å². The summed E-state index contributed by atoms with van der Waals surface area (Å²) in [4.78, 5) is 55.7. The van der Waals surface area contributed by atoms with E-state index in [1.807, 2.05) is 45.1 Å². The number of aliphatic hydroxyl groups excluding tert-OH is 1. The standard InChI is InChI=1S/C42H60N4O9S/c1-30-14-16-35(47)29-40(50)55-41(32(3)27-34-12-10-13-36(28-34)56(52,53)45-20-8-9-21-45)31(2)15-17-37(30)54-42(51)44-25-23-43(24-26-44)33(4)11-6-5-7-22-46-38(48)18-19-39(46)49/h10,12-13,15,17-19,27-28,30-31,33,35,37,41,47H,5-9,11,14,16,20-26,29H2,1-4H3/b17-15+,32-27+/t30-,31-,33?,35+,37-,41-/m0/s1. The van der Waals surface area contributed by atoms with Gasteiger partial charge in [-0.2, -0.15) is 4.31 Å². The number of benzene rings is 1. The number of hydrogen-bond donors (Lipinski definition) is 1. The topological polar surface area (TPSA) is 154 Å². The third-order valence-electron chi connectivity index (χ3n) is 11.5. The summed E-state index contributed by atoms with van der Waals surface area (Å²) in [5, 5.41) is 10.7. The Morgan fingerprint density at radius 3 is 2.36 bits per heavy atom. The number of sulfonamides is 1. The Morgan fingerprint density at radius 2 is 1.66 bits per heavy atom. The molecule has 2 saturated heterocycles. The Kier molecular flexibility index (Phi) is 15.5. The molecule has 13 nitrogen and oxygen atoms in total. The lowest BCUT2D eigenvalue weighted by Gasteiger charge is -2.38. The summed E-state index contributed by atoms with van der Waals surface area (Å²) in [6, 6.07) is 7.10. The first kappa shape index (κ1) is 43.3. The number of esters is 1. The molecule has 6 atom stereocenters. The molecule has 0 spiro atoms. The van der Waals surface area contributed by atoms with Gasteiger partial charge in [0.15, 0.2) is 0 Å². The summed E-state index contributed by atoms with van der Waals surface area (Å²) < 4.78 is 40.1. The van der Waals surface area contributed by atoms with Crippen LogP contribution >= 0.6 is 0 Å². The second-order valence-corrected chi connectivity index (χ2v) is 17.8. The fraction of sp³-hybridized carbons (Fsp3) is 0.619. The molecule has 56 heavy (non-hydrogen) atoms. The number of amides is 3. The fourth-order valence-corrected chi connectivity index (χ4v) is 9.47. The monoisotopic (exact) mass is 796 g/mol. The number of ether oxygens (including phenoxy) is 2. The van der Waals surface area contributed by atoms with Crippen LogP contribution in [0.2, 0.25) is 0 Å². The zero-order chi connectivity index (χ0) is 40.4. The predicted octanol–water partition coefficient (Wildman–Crippen LogP) is 5.16. The summed E-state index contributed by atoms with van der Waals surface area (Å²) in [5.41, 5.74) is 1.37. The normalized spacial score (nSPS) is 27.5. The van der Waals surface area contributed by atoms with E-state index in [0.717, 1.165) is 51.6 Å². The van der Waals surface area contributed by atoms with Crippen LogP contribution in [0.4, 0.5) is 4.79 Å². The quantitative estimate of drug-likeness (QED) is 0.130. The lowest BCUT2D eigenvalue weighted by atomic mass is 9.91. The summed E-state index contributed by atoms with van der Waals surface area (Å²) in [6.07, 6.45) is 11.7. The first-order valence-electron chi connectivity index (χ1n) is 20.3. The molecule has 0 saturated carbocycles. The number of carbonyl (C=O) groups excluding carboxylic acids is 4. The van der Waals surface area contributed by atoms with E-state index in [4.69, 9.17) is 9.47 Å². The van der Waals surface area contributed by atoms with Crippen LogP contribution in [-0.2, 0) is 33.9 Å². The van der Waals surface area contributed by atoms with E-state index in [1.54, 1.807) is 23.1 Å². The Balaban J connectivity index is 1.18. The minimum absolute atomic E-state index is 0.123. The van der Waals surface area contributed by atoms with Gasteiger partial charge in [0.25, 0.3) is 11.8 Å². The molecule has 0 radical (unpaired) electrons. The Bertz CT molecular complexity index is 1730. The Morgan fingerprint density at radius 1 is 0.964 bits per heavy atom. The summed E-state index contributed by atoms with van der Waals surface area (Å²) in [6.45, 7) is 11.9. The highest BCUT2D eigenvalue weighted by atomic mass is 32.2. The SMILES string of the molecule is C/C(=C\c1cccc(S(=O)(=O)N2CCCC2)c1)[C@H]1OC(=O)C[C@H](O)CC[C@H](C)[C@@H](OC(=O)N2CCN(C(C)CCCCCN3C(=O)C=CC3=O)CC2)/C=C/[C@@H]1C. The van der Waals surface area contributed by atoms with Gasteiger partial charge in [0, 0.05) is 69.9 Å². The van der Waals surface area contributed by atoms with Crippen LogP contribution in [0.3, 0.4) is 0 Å². The summed E-state index contributed by atoms with van der Waals surface area (Å²) >= 11 is 0. The van der Waals surface area contributed by atoms with Crippen molar-refractivity contribution in [1.82, 2.24) is 19.0 Å². The van der Waals surface area contributed by atoms with Crippen molar-refractivity contribution < 1.29 is 42.2 Å². The molecular weight excluding hydrogens is 737 g/mol. The van der Waals surface area contributed by atoms with Crippen molar-refractivity contribution in [3.63, 3.8) is 0 Å². The van der Waals surface area contributed by atoms with Crippen LogP contribution in [0.25, 0.3) is 6.08 Å². The van der Waals surface area contributed by atoms with Gasteiger partial charge in [-0.1, -0.05) is 51.0 Å². The van der Waals surface area contributed by atoms with Gasteiger partial charge in [0.1, 0.15) is 12.2 Å². The van der Waals surface area contributed by atoms with Crippen molar-refractivity contribution in [3.8, 4) is 0 Å². The molecule has 3 amide bonds. The first-order valence-corrected chi connectivity index (χ1v) is 21.7. The maximum Gasteiger partial charge on any atom is 0.410 e. The third-order valence-corrected chi connectivity index (χ3v) is 13.4. The van der Waals surface area contributed by atoms with Crippen LogP contribution in [0.1, 0.15) is 91.0 Å². The van der Waals surface area contributed by atoms with Gasteiger partial charge in [0.05, 0.1) is 17.4 Å². The van der Waals surface area contributed by atoms with Gasteiger partial charge in [-0.3, -0.25) is 24.2 Å². The van der Waals surface area contributed by atoms with E-state index >= 15 is 0 Å². The lowest BCUT2D eigenvalue weighted by molar-refractivity contribution is -0.151. The molecule has 4 aliphatic heterocycles. The van der Waals surface area contributed by atoms with Crippen molar-refractivity contribution in [2.75, 3.05) is 45.8 Å².